The van der Waals surface area contributed by atoms with Crippen LogP contribution in [-0.2, 0) is 11.2 Å². The van der Waals surface area contributed by atoms with Gasteiger partial charge in [0.2, 0.25) is 0 Å². The third-order valence-electron chi connectivity index (χ3n) is 6.94. The fourth-order valence-electron chi connectivity index (χ4n) is 5.57. The minimum Gasteiger partial charge on any atom is -0.478 e. The minimum atomic E-state index is -0.713. The summed E-state index contributed by atoms with van der Waals surface area (Å²) in [6.45, 7) is 0.724. The van der Waals surface area contributed by atoms with Crippen LogP contribution in [-0.4, -0.2) is 29.6 Å². The van der Waals surface area contributed by atoms with E-state index in [0.29, 0.717) is 23.8 Å². The molecule has 0 aliphatic heterocycles. The van der Waals surface area contributed by atoms with Gasteiger partial charge in [0.1, 0.15) is 0 Å². The van der Waals surface area contributed by atoms with Gasteiger partial charge in [-0.1, -0.05) is 42.3 Å². The van der Waals surface area contributed by atoms with E-state index >= 15 is 0 Å². The predicted octanol–water partition coefficient (Wildman–Crippen LogP) is 4.91. The molecule has 3 rings (SSSR count). The van der Waals surface area contributed by atoms with Crippen molar-refractivity contribution in [1.82, 2.24) is 0 Å². The molecule has 0 bridgehead atoms. The van der Waals surface area contributed by atoms with Crippen LogP contribution in [0.5, 0.6) is 0 Å². The summed E-state index contributed by atoms with van der Waals surface area (Å²) < 4.78 is 0. The number of benzene rings is 1. The van der Waals surface area contributed by atoms with E-state index in [1.165, 1.54) is 30.4 Å². The average Bonchev–Trinajstić information content (AvgIpc) is 2.68. The number of nitrogens with two attached hydrogens (primary N) is 1. The first-order chi connectivity index (χ1) is 13.1. The quantitative estimate of drug-likeness (QED) is 0.653. The Morgan fingerprint density at radius 2 is 2.07 bits per heavy atom. The minimum absolute atomic E-state index is 0.288. The van der Waals surface area contributed by atoms with Crippen LogP contribution in [0.4, 0.5) is 0 Å². The molecule has 2 aliphatic carbocycles. The molecule has 0 spiro atoms. The lowest BCUT2D eigenvalue weighted by molar-refractivity contribution is -0.132. The summed E-state index contributed by atoms with van der Waals surface area (Å²) >= 11 is 1.72. The van der Waals surface area contributed by atoms with Gasteiger partial charge in [-0.25, -0.2) is 4.79 Å². The highest BCUT2D eigenvalue weighted by molar-refractivity contribution is 7.98. The van der Waals surface area contributed by atoms with Crippen LogP contribution in [0.1, 0.15) is 50.5 Å². The lowest BCUT2D eigenvalue weighted by Gasteiger charge is -2.52. The van der Waals surface area contributed by atoms with Crippen molar-refractivity contribution >= 4 is 17.7 Å². The monoisotopic (exact) mass is 387 g/mol. The van der Waals surface area contributed by atoms with Crippen molar-refractivity contribution < 1.29 is 9.90 Å². The van der Waals surface area contributed by atoms with Crippen LogP contribution >= 0.6 is 11.8 Å². The van der Waals surface area contributed by atoms with E-state index in [9.17, 15) is 9.90 Å². The Hall–Kier alpha value is -1.26. The van der Waals surface area contributed by atoms with Gasteiger partial charge in [-0.3, -0.25) is 0 Å². The largest absolute Gasteiger partial charge is 0.478 e. The number of allylic oxidation sites excluding steroid dienone is 1. The molecule has 3 N–H and O–H groups in total. The number of carboxylic acid groups (broad SMARTS) is 1. The van der Waals surface area contributed by atoms with Gasteiger partial charge in [-0.2, -0.15) is 11.8 Å². The fraction of sp³-hybridized carbons (Fsp3) is 0.609. The van der Waals surface area contributed by atoms with Crippen LogP contribution in [0, 0.1) is 17.3 Å². The molecular weight excluding hydrogens is 354 g/mol. The number of rotatable bonds is 7. The molecule has 0 unspecified atom stereocenters. The summed E-state index contributed by atoms with van der Waals surface area (Å²) in [5.74, 6) is 1.21. The normalized spacial score (nSPS) is 29.9. The van der Waals surface area contributed by atoms with Crippen molar-refractivity contribution in [3.05, 3.63) is 47.0 Å². The SMILES string of the molecule is CSCCC(C(=O)O)=C1CC[C@@]2(Cc3ccccc3)CCC[C@H](CN)[C@@H]2C1. The molecule has 0 amide bonds. The molecule has 2 aliphatic rings. The number of aliphatic carboxylic acids is 1. The van der Waals surface area contributed by atoms with Crippen molar-refractivity contribution in [2.45, 2.75) is 51.4 Å². The van der Waals surface area contributed by atoms with E-state index in [2.05, 4.69) is 30.3 Å². The number of carbonyl (C=O) groups is 1. The Kier molecular flexibility index (Phi) is 7.04. The zero-order valence-electron chi connectivity index (χ0n) is 16.5. The maximum absolute atomic E-state index is 11.9. The summed E-state index contributed by atoms with van der Waals surface area (Å²) in [6, 6.07) is 10.8. The summed E-state index contributed by atoms with van der Waals surface area (Å²) in [7, 11) is 0. The second kappa shape index (κ2) is 9.29. The highest BCUT2D eigenvalue weighted by Crippen LogP contribution is 2.56. The lowest BCUT2D eigenvalue weighted by atomic mass is 9.53. The summed E-state index contributed by atoms with van der Waals surface area (Å²) in [5, 5.41) is 9.78. The first-order valence-electron chi connectivity index (χ1n) is 10.3. The third-order valence-corrected chi connectivity index (χ3v) is 7.55. The predicted molar refractivity (Wildman–Crippen MR) is 114 cm³/mol. The van der Waals surface area contributed by atoms with E-state index in [1.54, 1.807) is 11.8 Å². The van der Waals surface area contributed by atoms with Gasteiger partial charge >= 0.3 is 5.97 Å². The van der Waals surface area contributed by atoms with Gasteiger partial charge in [0.05, 0.1) is 0 Å². The number of thioether (sulfide) groups is 1. The zero-order valence-corrected chi connectivity index (χ0v) is 17.3. The van der Waals surface area contributed by atoms with Gasteiger partial charge < -0.3 is 10.8 Å². The molecule has 3 atom stereocenters. The van der Waals surface area contributed by atoms with Crippen molar-refractivity contribution in [3.8, 4) is 0 Å². The first-order valence-corrected chi connectivity index (χ1v) is 11.7. The number of hydrogen-bond acceptors (Lipinski definition) is 3. The van der Waals surface area contributed by atoms with E-state index in [1.807, 2.05) is 6.26 Å². The molecule has 1 aromatic rings. The van der Waals surface area contributed by atoms with Crippen LogP contribution < -0.4 is 5.73 Å². The van der Waals surface area contributed by atoms with Crippen LogP contribution in [0.2, 0.25) is 0 Å². The Labute approximate surface area is 167 Å². The summed E-state index contributed by atoms with van der Waals surface area (Å²) in [5.41, 5.74) is 9.77. The molecule has 2 saturated carbocycles. The molecule has 3 nitrogen and oxygen atoms in total. The topological polar surface area (TPSA) is 63.3 Å². The van der Waals surface area contributed by atoms with E-state index in [4.69, 9.17) is 5.73 Å². The Balaban J connectivity index is 1.90. The van der Waals surface area contributed by atoms with Gasteiger partial charge in [-0.05, 0) is 86.3 Å². The number of fused-ring (bicyclic) bond motifs is 1. The average molecular weight is 388 g/mol. The van der Waals surface area contributed by atoms with Gasteiger partial charge in [0.25, 0.3) is 0 Å². The Bertz CT molecular complexity index is 672. The first kappa shape index (κ1) is 20.5. The van der Waals surface area contributed by atoms with Gasteiger partial charge in [-0.15, -0.1) is 0 Å². The molecular formula is C23H33NO2S. The maximum atomic E-state index is 11.9. The Morgan fingerprint density at radius 3 is 2.74 bits per heavy atom. The molecule has 1 aromatic carbocycles. The molecule has 0 saturated heterocycles. The van der Waals surface area contributed by atoms with Crippen molar-refractivity contribution in [3.63, 3.8) is 0 Å². The highest BCUT2D eigenvalue weighted by Gasteiger charge is 2.47. The van der Waals surface area contributed by atoms with Crippen LogP contribution in [0.15, 0.2) is 41.5 Å². The molecule has 2 fully saturated rings. The van der Waals surface area contributed by atoms with Gasteiger partial charge in [0.15, 0.2) is 0 Å². The second-order valence-corrected chi connectivity index (χ2v) is 9.34. The molecule has 27 heavy (non-hydrogen) atoms. The maximum Gasteiger partial charge on any atom is 0.331 e. The van der Waals surface area contributed by atoms with E-state index in [0.717, 1.165) is 38.0 Å². The fourth-order valence-corrected chi connectivity index (χ4v) is 5.98. The van der Waals surface area contributed by atoms with Crippen LogP contribution in [0.3, 0.4) is 0 Å². The van der Waals surface area contributed by atoms with E-state index in [-0.39, 0.29) is 5.41 Å². The lowest BCUT2D eigenvalue weighted by Crippen LogP contribution is -2.46. The highest BCUT2D eigenvalue weighted by atomic mass is 32.2. The number of carboxylic acids is 1. The zero-order chi connectivity index (χ0) is 19.3. The number of hydrogen-bond donors (Lipinski definition) is 2. The van der Waals surface area contributed by atoms with Crippen molar-refractivity contribution in [2.24, 2.45) is 23.0 Å². The standard InChI is InChI=1S/C23H33NO2S/c1-27-13-10-20(22(25)26)18-9-12-23(15-17-6-3-2-4-7-17)11-5-8-19(16-24)21(23)14-18/h2-4,6-7,19,21H,5,8-16,24H2,1H3,(H,25,26)/t19-,21+,23-/m1/s1. The van der Waals surface area contributed by atoms with E-state index < -0.39 is 5.97 Å². The molecule has 0 radical (unpaired) electrons. The third kappa shape index (κ3) is 4.60. The molecule has 0 aromatic heterocycles. The van der Waals surface area contributed by atoms with Crippen molar-refractivity contribution in [2.75, 3.05) is 18.6 Å². The Morgan fingerprint density at radius 1 is 1.30 bits per heavy atom. The van der Waals surface area contributed by atoms with Gasteiger partial charge in [0, 0.05) is 5.57 Å². The molecule has 0 heterocycles. The summed E-state index contributed by atoms with van der Waals surface area (Å²) in [6.07, 6.45) is 10.5. The van der Waals surface area contributed by atoms with Crippen LogP contribution in [0.25, 0.3) is 0 Å². The summed E-state index contributed by atoms with van der Waals surface area (Å²) in [4.78, 5) is 11.9. The molecule has 4 heteroatoms. The molecule has 148 valence electrons. The second-order valence-electron chi connectivity index (χ2n) is 8.35. The smallest absolute Gasteiger partial charge is 0.331 e. The van der Waals surface area contributed by atoms with Crippen molar-refractivity contribution in [1.29, 1.82) is 0 Å².